The monoisotopic (exact) mass is 332 g/mol. The van der Waals surface area contributed by atoms with Gasteiger partial charge < -0.3 is 9.97 Å². The first-order chi connectivity index (χ1) is 12.0. The quantitative estimate of drug-likeness (QED) is 0.526. The zero-order chi connectivity index (χ0) is 17.6. The maximum atomic E-state index is 12.5. The van der Waals surface area contributed by atoms with Crippen molar-refractivity contribution in [3.63, 3.8) is 0 Å². The van der Waals surface area contributed by atoms with Crippen molar-refractivity contribution in [1.82, 2.24) is 15.0 Å². The molecule has 0 atom stereocenters. The molecular formula is C19H16N4O2. The molecule has 6 heteroatoms. The molecule has 25 heavy (non-hydrogen) atoms. The average molecular weight is 332 g/mol. The number of nitrogens with zero attached hydrogens (tertiary/aromatic N) is 1. The molecule has 0 bridgehead atoms. The highest BCUT2D eigenvalue weighted by molar-refractivity contribution is 6.05. The van der Waals surface area contributed by atoms with Gasteiger partial charge in [0.1, 0.15) is 5.56 Å². The molecule has 0 saturated heterocycles. The number of hydrogen-bond donors (Lipinski definition) is 3. The van der Waals surface area contributed by atoms with Crippen molar-refractivity contribution in [2.45, 2.75) is 13.8 Å². The number of hydrogen-bond acceptors (Lipinski definition) is 3. The number of imidazole rings is 1. The van der Waals surface area contributed by atoms with Crippen LogP contribution < -0.4 is 10.7 Å². The Morgan fingerprint density at radius 3 is 2.68 bits per heavy atom. The van der Waals surface area contributed by atoms with Crippen LogP contribution in [0.1, 0.15) is 21.5 Å². The third-order valence-electron chi connectivity index (χ3n) is 4.36. The lowest BCUT2D eigenvalue weighted by Gasteiger charge is -2.03. The number of carbonyl (C=O) groups is 1. The van der Waals surface area contributed by atoms with Gasteiger partial charge in [-0.05, 0) is 49.2 Å². The zero-order valence-corrected chi connectivity index (χ0v) is 13.8. The molecule has 3 N–H and O–H groups in total. The molecule has 4 rings (SSSR count). The fraction of sp³-hybridized carbons (Fsp3) is 0.105. The number of aromatic amines is 2. The van der Waals surface area contributed by atoms with Crippen molar-refractivity contribution < 1.29 is 4.79 Å². The topological polar surface area (TPSA) is 90.6 Å². The Labute approximate surface area is 142 Å². The second kappa shape index (κ2) is 5.59. The Morgan fingerprint density at radius 1 is 1.08 bits per heavy atom. The van der Waals surface area contributed by atoms with Crippen LogP contribution in [-0.2, 0) is 0 Å². The summed E-state index contributed by atoms with van der Waals surface area (Å²) in [6, 6.07) is 11.0. The predicted octanol–water partition coefficient (Wildman–Crippen LogP) is 3.27. The number of H-pyrrole nitrogens is 2. The Balaban J connectivity index is 1.70. The summed E-state index contributed by atoms with van der Waals surface area (Å²) >= 11 is 0. The molecular weight excluding hydrogens is 316 g/mol. The van der Waals surface area contributed by atoms with Gasteiger partial charge in [-0.25, -0.2) is 4.98 Å². The molecule has 6 nitrogen and oxygen atoms in total. The van der Waals surface area contributed by atoms with Gasteiger partial charge in [0, 0.05) is 17.1 Å². The lowest BCUT2D eigenvalue weighted by molar-refractivity contribution is 0.102. The summed E-state index contributed by atoms with van der Waals surface area (Å²) in [7, 11) is 0. The van der Waals surface area contributed by atoms with E-state index in [1.807, 2.05) is 32.0 Å². The first kappa shape index (κ1) is 15.1. The van der Waals surface area contributed by atoms with Crippen LogP contribution in [0.15, 0.2) is 47.4 Å². The molecule has 2 heterocycles. The Morgan fingerprint density at radius 2 is 1.84 bits per heavy atom. The van der Waals surface area contributed by atoms with Gasteiger partial charge in [-0.1, -0.05) is 12.1 Å². The predicted molar refractivity (Wildman–Crippen MR) is 98.1 cm³/mol. The van der Waals surface area contributed by atoms with Crippen molar-refractivity contribution >= 4 is 33.8 Å². The number of benzene rings is 2. The number of para-hydroxylation sites is 1. The van der Waals surface area contributed by atoms with Crippen LogP contribution in [0.25, 0.3) is 21.9 Å². The third kappa shape index (κ3) is 2.57. The molecule has 0 aliphatic carbocycles. The summed E-state index contributed by atoms with van der Waals surface area (Å²) in [4.78, 5) is 35.4. The highest BCUT2D eigenvalue weighted by Gasteiger charge is 2.15. The second-order valence-electron chi connectivity index (χ2n) is 6.07. The number of nitrogens with one attached hydrogen (secondary N) is 3. The number of rotatable bonds is 2. The Kier molecular flexibility index (Phi) is 3.39. The summed E-state index contributed by atoms with van der Waals surface area (Å²) < 4.78 is 0. The van der Waals surface area contributed by atoms with Crippen LogP contribution in [0, 0.1) is 13.8 Å². The molecule has 4 aromatic rings. The van der Waals surface area contributed by atoms with Crippen molar-refractivity contribution in [3.8, 4) is 0 Å². The lowest BCUT2D eigenvalue weighted by atomic mass is 10.1. The normalized spacial score (nSPS) is 11.1. The Hall–Kier alpha value is -3.41. The number of aryl methyl sites for hydroxylation is 2. The zero-order valence-electron chi connectivity index (χ0n) is 13.8. The van der Waals surface area contributed by atoms with E-state index in [0.717, 1.165) is 22.2 Å². The minimum atomic E-state index is -0.500. The number of anilines is 1. The minimum Gasteiger partial charge on any atom is -0.360 e. The third-order valence-corrected chi connectivity index (χ3v) is 4.36. The minimum absolute atomic E-state index is 0.0477. The van der Waals surface area contributed by atoms with E-state index in [4.69, 9.17) is 0 Å². The van der Waals surface area contributed by atoms with Crippen molar-refractivity contribution in [2.24, 2.45) is 0 Å². The van der Waals surface area contributed by atoms with Crippen LogP contribution >= 0.6 is 0 Å². The molecule has 0 radical (unpaired) electrons. The van der Waals surface area contributed by atoms with E-state index in [9.17, 15) is 9.59 Å². The lowest BCUT2D eigenvalue weighted by Crippen LogP contribution is -2.22. The van der Waals surface area contributed by atoms with Crippen molar-refractivity contribution in [1.29, 1.82) is 0 Å². The van der Waals surface area contributed by atoms with Gasteiger partial charge in [0.25, 0.3) is 5.91 Å². The van der Waals surface area contributed by atoms with Crippen LogP contribution in [0.2, 0.25) is 0 Å². The first-order valence-electron chi connectivity index (χ1n) is 7.91. The van der Waals surface area contributed by atoms with E-state index in [0.29, 0.717) is 16.9 Å². The summed E-state index contributed by atoms with van der Waals surface area (Å²) in [5.74, 6) is -0.183. The van der Waals surface area contributed by atoms with Gasteiger partial charge in [-0.3, -0.25) is 14.9 Å². The molecule has 2 aromatic carbocycles. The molecule has 0 aliphatic heterocycles. The SMILES string of the molecule is Cc1cc2nc(NC(=O)c3c[nH]c4ccccc4c3=O)[nH]c2cc1C. The highest BCUT2D eigenvalue weighted by Crippen LogP contribution is 2.19. The summed E-state index contributed by atoms with van der Waals surface area (Å²) in [6.45, 7) is 4.03. The molecule has 2 aromatic heterocycles. The van der Waals surface area contributed by atoms with Crippen molar-refractivity contribution in [2.75, 3.05) is 5.32 Å². The largest absolute Gasteiger partial charge is 0.360 e. The van der Waals surface area contributed by atoms with Gasteiger partial charge in [0.2, 0.25) is 11.4 Å². The highest BCUT2D eigenvalue weighted by atomic mass is 16.2. The van der Waals surface area contributed by atoms with Gasteiger partial charge in [0.15, 0.2) is 0 Å². The molecule has 0 unspecified atom stereocenters. The van der Waals surface area contributed by atoms with E-state index >= 15 is 0 Å². The second-order valence-corrected chi connectivity index (χ2v) is 6.07. The first-order valence-corrected chi connectivity index (χ1v) is 7.91. The molecule has 0 aliphatic rings. The van der Waals surface area contributed by atoms with E-state index in [1.165, 1.54) is 6.20 Å². The van der Waals surface area contributed by atoms with Crippen LogP contribution in [0.3, 0.4) is 0 Å². The smallest absolute Gasteiger partial charge is 0.263 e. The average Bonchev–Trinajstić information content (AvgIpc) is 2.96. The molecule has 0 spiro atoms. The molecule has 1 amide bonds. The number of carbonyl (C=O) groups excluding carboxylic acids is 1. The molecule has 124 valence electrons. The maximum Gasteiger partial charge on any atom is 0.263 e. The standard InChI is InChI=1S/C19H16N4O2/c1-10-7-15-16(8-11(10)2)22-19(21-15)23-18(25)13-9-20-14-6-4-3-5-12(14)17(13)24/h3-9H,1-2H3,(H,20,24)(H2,21,22,23,25). The van der Waals surface area contributed by atoms with Gasteiger partial charge in [0.05, 0.1) is 11.0 Å². The Bertz CT molecular complexity index is 1150. The van der Waals surface area contributed by atoms with E-state index in [-0.39, 0.29) is 11.0 Å². The van der Waals surface area contributed by atoms with Crippen LogP contribution in [0.4, 0.5) is 5.95 Å². The molecule has 0 saturated carbocycles. The summed E-state index contributed by atoms with van der Waals surface area (Å²) in [5.41, 5.74) is 4.30. The van der Waals surface area contributed by atoms with Gasteiger partial charge in [-0.2, -0.15) is 0 Å². The van der Waals surface area contributed by atoms with E-state index in [2.05, 4.69) is 20.3 Å². The van der Waals surface area contributed by atoms with Crippen molar-refractivity contribution in [3.05, 3.63) is 69.5 Å². The number of aromatic nitrogens is 3. The summed E-state index contributed by atoms with van der Waals surface area (Å²) in [5, 5.41) is 3.14. The van der Waals surface area contributed by atoms with E-state index in [1.54, 1.807) is 18.2 Å². The molecule has 0 fully saturated rings. The van der Waals surface area contributed by atoms with Gasteiger partial charge >= 0.3 is 0 Å². The fourth-order valence-electron chi connectivity index (χ4n) is 2.84. The fourth-order valence-corrected chi connectivity index (χ4v) is 2.84. The van der Waals surface area contributed by atoms with E-state index < -0.39 is 5.91 Å². The maximum absolute atomic E-state index is 12.5. The number of fused-ring (bicyclic) bond motifs is 2. The number of pyridine rings is 1. The summed E-state index contributed by atoms with van der Waals surface area (Å²) in [6.07, 6.45) is 1.43. The van der Waals surface area contributed by atoms with Crippen LogP contribution in [-0.4, -0.2) is 20.9 Å². The van der Waals surface area contributed by atoms with Gasteiger partial charge in [-0.15, -0.1) is 0 Å². The number of amides is 1. The van der Waals surface area contributed by atoms with Crippen LogP contribution in [0.5, 0.6) is 0 Å².